The van der Waals surface area contributed by atoms with Crippen molar-refractivity contribution in [3.63, 3.8) is 0 Å². The summed E-state index contributed by atoms with van der Waals surface area (Å²) in [5.74, 6) is 1.95. The first-order valence-electron chi connectivity index (χ1n) is 8.49. The molecule has 6 atom stereocenters. The average Bonchev–Trinajstić information content (AvgIpc) is 3.40. The molecule has 0 aliphatic heterocycles. The van der Waals surface area contributed by atoms with Gasteiger partial charge in [0.25, 0.3) is 0 Å². The Morgan fingerprint density at radius 3 is 1.45 bits per heavy atom. The molecule has 2 saturated carbocycles. The second-order valence-corrected chi connectivity index (χ2v) is 6.96. The van der Waals surface area contributed by atoms with E-state index in [-0.39, 0.29) is 23.8 Å². The first-order chi connectivity index (χ1) is 10.7. The number of hydrogen-bond acceptors (Lipinski definition) is 4. The van der Waals surface area contributed by atoms with E-state index in [2.05, 4.69) is 12.2 Å². The third-order valence-corrected chi connectivity index (χ3v) is 5.94. The van der Waals surface area contributed by atoms with Crippen LogP contribution in [0.4, 0.5) is 0 Å². The second kappa shape index (κ2) is 6.43. The molecule has 4 nitrogen and oxygen atoms in total. The van der Waals surface area contributed by atoms with Crippen LogP contribution >= 0.6 is 0 Å². The van der Waals surface area contributed by atoms with Crippen LogP contribution in [0.15, 0.2) is 12.2 Å². The number of ether oxygens (including phenoxy) is 2. The lowest BCUT2D eigenvalue weighted by Crippen LogP contribution is -2.06. The van der Waals surface area contributed by atoms with Crippen molar-refractivity contribution >= 4 is 11.9 Å². The highest BCUT2D eigenvalue weighted by atomic mass is 16.5. The van der Waals surface area contributed by atoms with Crippen LogP contribution in [0.1, 0.15) is 38.5 Å². The van der Waals surface area contributed by atoms with Gasteiger partial charge < -0.3 is 9.47 Å². The van der Waals surface area contributed by atoms with Gasteiger partial charge in [-0.05, 0) is 62.2 Å². The predicted octanol–water partition coefficient (Wildman–Crippen LogP) is 2.97. The molecule has 0 aromatic heterocycles. The molecule has 0 aromatic rings. The number of rotatable bonds is 2. The van der Waals surface area contributed by atoms with Crippen molar-refractivity contribution in [1.82, 2.24) is 0 Å². The van der Waals surface area contributed by atoms with E-state index in [1.165, 1.54) is 14.2 Å². The quantitative estimate of drug-likeness (QED) is 0.581. The van der Waals surface area contributed by atoms with Crippen molar-refractivity contribution in [2.24, 2.45) is 35.5 Å². The van der Waals surface area contributed by atoms with E-state index in [1.54, 1.807) is 0 Å². The van der Waals surface area contributed by atoms with Gasteiger partial charge in [0, 0.05) is 0 Å². The molecule has 0 radical (unpaired) electrons. The molecule has 4 heteroatoms. The second-order valence-electron chi connectivity index (χ2n) is 6.96. The normalized spacial score (nSPS) is 41.7. The zero-order valence-corrected chi connectivity index (χ0v) is 13.5. The highest BCUT2D eigenvalue weighted by Gasteiger charge is 2.58. The summed E-state index contributed by atoms with van der Waals surface area (Å²) in [5, 5.41) is 0. The molecule has 2 fully saturated rings. The molecular weight excluding hydrogens is 280 g/mol. The van der Waals surface area contributed by atoms with E-state index in [0.29, 0.717) is 23.7 Å². The SMILES string of the molecule is COC(=O)C1C2CC/C=C\CCC3C(CCC21)C3C(=O)OC. The number of methoxy groups -OCH3 is 2. The van der Waals surface area contributed by atoms with Gasteiger partial charge in [0.05, 0.1) is 26.1 Å². The zero-order valence-electron chi connectivity index (χ0n) is 13.5. The monoisotopic (exact) mass is 306 g/mol. The van der Waals surface area contributed by atoms with Crippen LogP contribution in [-0.2, 0) is 19.1 Å². The molecule has 122 valence electrons. The lowest BCUT2D eigenvalue weighted by atomic mass is 10.0. The first-order valence-corrected chi connectivity index (χ1v) is 8.49. The van der Waals surface area contributed by atoms with Crippen molar-refractivity contribution in [3.8, 4) is 0 Å². The molecule has 3 aliphatic rings. The highest BCUT2D eigenvalue weighted by Crippen LogP contribution is 2.58. The number of fused-ring (bicyclic) bond motifs is 2. The molecule has 0 heterocycles. The molecule has 0 spiro atoms. The maximum atomic E-state index is 11.9. The van der Waals surface area contributed by atoms with Gasteiger partial charge in [-0.25, -0.2) is 0 Å². The Hall–Kier alpha value is -1.32. The third-order valence-electron chi connectivity index (χ3n) is 5.94. The van der Waals surface area contributed by atoms with Gasteiger partial charge in [-0.2, -0.15) is 0 Å². The number of carbonyl (C=O) groups is 2. The van der Waals surface area contributed by atoms with Gasteiger partial charge in [-0.3, -0.25) is 9.59 Å². The lowest BCUT2D eigenvalue weighted by Gasteiger charge is -2.01. The van der Waals surface area contributed by atoms with Crippen LogP contribution in [0, 0.1) is 35.5 Å². The Balaban J connectivity index is 1.64. The predicted molar refractivity (Wildman–Crippen MR) is 81.8 cm³/mol. The minimum Gasteiger partial charge on any atom is -0.469 e. The fraction of sp³-hybridized carbons (Fsp3) is 0.778. The summed E-state index contributed by atoms with van der Waals surface area (Å²) in [6.07, 6.45) is 10.8. The van der Waals surface area contributed by atoms with Gasteiger partial charge >= 0.3 is 11.9 Å². The topological polar surface area (TPSA) is 52.6 Å². The van der Waals surface area contributed by atoms with Crippen LogP contribution in [-0.4, -0.2) is 26.2 Å². The Kier molecular flexibility index (Phi) is 4.55. The van der Waals surface area contributed by atoms with Crippen molar-refractivity contribution in [2.75, 3.05) is 14.2 Å². The summed E-state index contributed by atoms with van der Waals surface area (Å²) < 4.78 is 9.89. The Bertz CT molecular complexity index is 428. The first kappa shape index (κ1) is 15.6. The van der Waals surface area contributed by atoms with Crippen LogP contribution in [0.3, 0.4) is 0 Å². The van der Waals surface area contributed by atoms with Gasteiger partial charge in [0.2, 0.25) is 0 Å². The summed E-state index contributed by atoms with van der Waals surface area (Å²) in [5.41, 5.74) is 0. The van der Waals surface area contributed by atoms with Gasteiger partial charge in [-0.15, -0.1) is 0 Å². The zero-order chi connectivity index (χ0) is 15.7. The van der Waals surface area contributed by atoms with Crippen molar-refractivity contribution in [1.29, 1.82) is 0 Å². The fourth-order valence-corrected chi connectivity index (χ4v) is 4.63. The van der Waals surface area contributed by atoms with Crippen molar-refractivity contribution in [2.45, 2.75) is 38.5 Å². The van der Waals surface area contributed by atoms with E-state index in [1.807, 2.05) is 0 Å². The Labute approximate surface area is 132 Å². The summed E-state index contributed by atoms with van der Waals surface area (Å²) >= 11 is 0. The molecule has 0 aromatic carbocycles. The third kappa shape index (κ3) is 2.92. The number of carbonyl (C=O) groups excluding carboxylic acids is 2. The molecule has 3 aliphatic carbocycles. The number of allylic oxidation sites excluding steroid dienone is 2. The van der Waals surface area contributed by atoms with Crippen molar-refractivity contribution < 1.29 is 19.1 Å². The van der Waals surface area contributed by atoms with E-state index in [0.717, 1.165) is 38.5 Å². The lowest BCUT2D eigenvalue weighted by molar-refractivity contribution is -0.143. The molecule has 0 N–H and O–H groups in total. The maximum absolute atomic E-state index is 11.9. The smallest absolute Gasteiger partial charge is 0.309 e. The van der Waals surface area contributed by atoms with E-state index in [4.69, 9.17) is 9.47 Å². The van der Waals surface area contributed by atoms with Gasteiger partial charge in [0.1, 0.15) is 0 Å². The van der Waals surface area contributed by atoms with Crippen molar-refractivity contribution in [3.05, 3.63) is 12.2 Å². The van der Waals surface area contributed by atoms with E-state index >= 15 is 0 Å². The number of esters is 2. The molecule has 0 bridgehead atoms. The summed E-state index contributed by atoms with van der Waals surface area (Å²) in [6, 6.07) is 0. The van der Waals surface area contributed by atoms with E-state index < -0.39 is 0 Å². The minimum absolute atomic E-state index is 0.0503. The number of hydrogen-bond donors (Lipinski definition) is 0. The average molecular weight is 306 g/mol. The minimum atomic E-state index is -0.0503. The molecular formula is C18H26O4. The molecule has 6 unspecified atom stereocenters. The fourth-order valence-electron chi connectivity index (χ4n) is 4.63. The van der Waals surface area contributed by atoms with Crippen LogP contribution in [0.2, 0.25) is 0 Å². The highest BCUT2D eigenvalue weighted by molar-refractivity contribution is 5.77. The summed E-state index contributed by atoms with van der Waals surface area (Å²) in [6.45, 7) is 0. The standard InChI is InChI=1S/C18H26O4/c1-21-17(19)15-11-7-5-3-4-6-8-12-14(10-9-13(11)15)16(12)18(20)22-2/h3-4,11-16H,5-10H2,1-2H3/b4-3-. The van der Waals surface area contributed by atoms with E-state index in [9.17, 15) is 9.59 Å². The molecule has 0 amide bonds. The largest absolute Gasteiger partial charge is 0.469 e. The molecule has 22 heavy (non-hydrogen) atoms. The van der Waals surface area contributed by atoms with Crippen LogP contribution in [0.5, 0.6) is 0 Å². The molecule has 0 saturated heterocycles. The Morgan fingerprint density at radius 1 is 0.727 bits per heavy atom. The summed E-state index contributed by atoms with van der Waals surface area (Å²) in [4.78, 5) is 23.7. The maximum Gasteiger partial charge on any atom is 0.309 e. The van der Waals surface area contributed by atoms with Gasteiger partial charge in [-0.1, -0.05) is 12.2 Å². The Morgan fingerprint density at radius 2 is 1.09 bits per heavy atom. The van der Waals surface area contributed by atoms with Gasteiger partial charge in [0.15, 0.2) is 0 Å². The summed E-state index contributed by atoms with van der Waals surface area (Å²) in [7, 11) is 2.96. The van der Waals surface area contributed by atoms with Crippen LogP contribution < -0.4 is 0 Å². The van der Waals surface area contributed by atoms with Crippen LogP contribution in [0.25, 0.3) is 0 Å². The molecule has 3 rings (SSSR count).